The van der Waals surface area contributed by atoms with E-state index < -0.39 is 17.7 Å². The molecule has 34 heavy (non-hydrogen) atoms. The summed E-state index contributed by atoms with van der Waals surface area (Å²) in [5, 5.41) is 1.39. The second kappa shape index (κ2) is 8.09. The standard InChI is InChI=1S/C24H18ClF4N5/c1-13(2)33-12-19(24(27,28)29)31-21(33)15-8-6-14(7-9-15)11-34-20-16(4-3-5-18(20)26)17-10-30-23(25)32-22(17)34/h3-10,12-13H,11H2,1-2H3. The van der Waals surface area contributed by atoms with Gasteiger partial charge in [0.05, 0.1) is 5.52 Å². The van der Waals surface area contributed by atoms with Gasteiger partial charge in [-0.1, -0.05) is 36.4 Å². The second-order valence-electron chi connectivity index (χ2n) is 8.24. The third-order valence-corrected chi connectivity index (χ3v) is 5.86. The third-order valence-electron chi connectivity index (χ3n) is 5.67. The quantitative estimate of drug-likeness (QED) is 0.205. The Hall–Kier alpha value is -3.46. The molecule has 0 bridgehead atoms. The molecule has 0 saturated carbocycles. The van der Waals surface area contributed by atoms with Crippen LogP contribution in [-0.4, -0.2) is 24.1 Å². The number of aromatic nitrogens is 5. The van der Waals surface area contributed by atoms with E-state index in [4.69, 9.17) is 11.6 Å². The summed E-state index contributed by atoms with van der Waals surface area (Å²) in [6, 6.07) is 11.6. The van der Waals surface area contributed by atoms with Gasteiger partial charge in [0.15, 0.2) is 5.69 Å². The third kappa shape index (κ3) is 3.79. The number of rotatable bonds is 4. The summed E-state index contributed by atoms with van der Waals surface area (Å²) in [4.78, 5) is 12.2. The molecule has 0 unspecified atom stereocenters. The van der Waals surface area contributed by atoms with Crippen molar-refractivity contribution in [3.05, 3.63) is 77.2 Å². The van der Waals surface area contributed by atoms with Crippen molar-refractivity contribution >= 4 is 33.5 Å². The fourth-order valence-corrected chi connectivity index (χ4v) is 4.22. The van der Waals surface area contributed by atoms with Crippen molar-refractivity contribution < 1.29 is 17.6 Å². The van der Waals surface area contributed by atoms with Crippen LogP contribution in [-0.2, 0) is 12.7 Å². The lowest BCUT2D eigenvalue weighted by molar-refractivity contribution is -0.140. The summed E-state index contributed by atoms with van der Waals surface area (Å²) in [7, 11) is 0. The first-order chi connectivity index (χ1) is 16.1. The van der Waals surface area contributed by atoms with Gasteiger partial charge < -0.3 is 9.13 Å². The van der Waals surface area contributed by atoms with Gasteiger partial charge in [-0.15, -0.1) is 0 Å². The average Bonchev–Trinajstić information content (AvgIpc) is 3.36. The largest absolute Gasteiger partial charge is 0.434 e. The minimum atomic E-state index is -4.53. The lowest BCUT2D eigenvalue weighted by atomic mass is 10.1. The number of hydrogen-bond donors (Lipinski definition) is 0. The lowest BCUT2D eigenvalue weighted by Crippen LogP contribution is -2.05. The maximum absolute atomic E-state index is 14.8. The molecular weight excluding hydrogens is 470 g/mol. The zero-order chi connectivity index (χ0) is 24.2. The van der Waals surface area contributed by atoms with Crippen molar-refractivity contribution in [1.29, 1.82) is 0 Å². The van der Waals surface area contributed by atoms with E-state index in [2.05, 4.69) is 15.0 Å². The van der Waals surface area contributed by atoms with Crippen molar-refractivity contribution in [1.82, 2.24) is 24.1 Å². The van der Waals surface area contributed by atoms with Crippen LogP contribution in [0.25, 0.3) is 33.3 Å². The SMILES string of the molecule is CC(C)n1cc(C(F)(F)F)nc1-c1ccc(Cn2c3nc(Cl)ncc3c3cccc(F)c32)cc1. The van der Waals surface area contributed by atoms with Gasteiger partial charge in [-0.3, -0.25) is 0 Å². The molecule has 5 aromatic rings. The predicted molar refractivity (Wildman–Crippen MR) is 122 cm³/mol. The predicted octanol–water partition coefficient (Wildman–Crippen LogP) is 6.89. The van der Waals surface area contributed by atoms with E-state index in [9.17, 15) is 17.6 Å². The molecule has 0 spiro atoms. The van der Waals surface area contributed by atoms with Crippen LogP contribution in [0.1, 0.15) is 31.1 Å². The van der Waals surface area contributed by atoms with Crippen molar-refractivity contribution in [3.63, 3.8) is 0 Å². The Balaban J connectivity index is 1.56. The summed E-state index contributed by atoms with van der Waals surface area (Å²) in [5.41, 5.74) is 1.29. The molecule has 0 radical (unpaired) electrons. The number of imidazole rings is 1. The first-order valence-electron chi connectivity index (χ1n) is 10.5. The first-order valence-corrected chi connectivity index (χ1v) is 10.9. The van der Waals surface area contributed by atoms with Gasteiger partial charge in [-0.25, -0.2) is 14.4 Å². The number of benzene rings is 2. The van der Waals surface area contributed by atoms with E-state index in [-0.39, 0.29) is 23.7 Å². The molecule has 10 heteroatoms. The summed E-state index contributed by atoms with van der Waals surface area (Å²) in [5.74, 6) is -0.168. The van der Waals surface area contributed by atoms with Crippen LogP contribution < -0.4 is 0 Å². The molecule has 0 amide bonds. The van der Waals surface area contributed by atoms with Gasteiger partial charge in [0.2, 0.25) is 5.28 Å². The molecule has 3 heterocycles. The van der Waals surface area contributed by atoms with E-state index in [0.29, 0.717) is 27.5 Å². The molecule has 0 aliphatic rings. The molecule has 0 aliphatic carbocycles. The Morgan fingerprint density at radius 2 is 1.74 bits per heavy atom. The number of nitrogens with zero attached hydrogens (tertiary/aromatic N) is 5. The fourth-order valence-electron chi connectivity index (χ4n) is 4.09. The Morgan fingerprint density at radius 1 is 1.00 bits per heavy atom. The van der Waals surface area contributed by atoms with E-state index >= 15 is 0 Å². The number of fused-ring (bicyclic) bond motifs is 3. The average molecular weight is 488 g/mol. The molecule has 2 aromatic carbocycles. The first kappa shape index (κ1) is 22.3. The molecule has 5 nitrogen and oxygen atoms in total. The van der Waals surface area contributed by atoms with Gasteiger partial charge in [-0.2, -0.15) is 18.2 Å². The molecule has 5 rings (SSSR count). The van der Waals surface area contributed by atoms with Gasteiger partial charge >= 0.3 is 6.18 Å². The maximum atomic E-state index is 14.8. The number of para-hydroxylation sites is 1. The van der Waals surface area contributed by atoms with E-state index in [1.165, 1.54) is 10.6 Å². The van der Waals surface area contributed by atoms with Crippen LogP contribution >= 0.6 is 11.6 Å². The van der Waals surface area contributed by atoms with Gasteiger partial charge in [0.1, 0.15) is 17.3 Å². The zero-order valence-electron chi connectivity index (χ0n) is 18.1. The van der Waals surface area contributed by atoms with Crippen LogP contribution in [0.3, 0.4) is 0 Å². The summed E-state index contributed by atoms with van der Waals surface area (Å²) >= 11 is 6.01. The Bertz CT molecular complexity index is 1520. The lowest BCUT2D eigenvalue weighted by Gasteiger charge is -2.12. The minimum Gasteiger partial charge on any atom is -0.328 e. The minimum absolute atomic E-state index is 0.0494. The normalized spacial score (nSPS) is 12.4. The van der Waals surface area contributed by atoms with E-state index in [1.807, 2.05) is 0 Å². The number of hydrogen-bond acceptors (Lipinski definition) is 3. The van der Waals surface area contributed by atoms with Crippen LogP contribution in [0.15, 0.2) is 54.9 Å². The van der Waals surface area contributed by atoms with E-state index in [0.717, 1.165) is 11.8 Å². The van der Waals surface area contributed by atoms with Crippen LogP contribution in [0.2, 0.25) is 5.28 Å². The highest BCUT2D eigenvalue weighted by molar-refractivity contribution is 6.28. The molecular formula is C24H18ClF4N5. The number of halogens is 5. The van der Waals surface area contributed by atoms with Crippen molar-refractivity contribution in [2.24, 2.45) is 0 Å². The highest BCUT2D eigenvalue weighted by Crippen LogP contribution is 2.33. The molecule has 174 valence electrons. The van der Waals surface area contributed by atoms with Gasteiger partial charge in [-0.05, 0) is 37.1 Å². The van der Waals surface area contributed by atoms with Crippen LogP contribution in [0.5, 0.6) is 0 Å². The van der Waals surface area contributed by atoms with Crippen LogP contribution in [0.4, 0.5) is 17.6 Å². The fraction of sp³-hybridized carbons (Fsp3) is 0.208. The molecule has 0 saturated heterocycles. The topological polar surface area (TPSA) is 48.5 Å². The monoisotopic (exact) mass is 487 g/mol. The van der Waals surface area contributed by atoms with Crippen molar-refractivity contribution in [2.75, 3.05) is 0 Å². The molecule has 0 aliphatic heterocycles. The van der Waals surface area contributed by atoms with Crippen molar-refractivity contribution in [3.8, 4) is 11.4 Å². The molecule has 0 atom stereocenters. The summed E-state index contributed by atoms with van der Waals surface area (Å²) < 4.78 is 57.7. The van der Waals surface area contributed by atoms with E-state index in [1.54, 1.807) is 61.0 Å². The highest BCUT2D eigenvalue weighted by Gasteiger charge is 2.35. The molecule has 3 aromatic heterocycles. The molecule has 0 N–H and O–H groups in total. The number of alkyl halides is 3. The smallest absolute Gasteiger partial charge is 0.328 e. The maximum Gasteiger partial charge on any atom is 0.434 e. The Kier molecular flexibility index (Phi) is 5.31. The summed E-state index contributed by atoms with van der Waals surface area (Å²) in [6.45, 7) is 3.87. The second-order valence-corrected chi connectivity index (χ2v) is 8.58. The zero-order valence-corrected chi connectivity index (χ0v) is 18.9. The Morgan fingerprint density at radius 3 is 2.41 bits per heavy atom. The van der Waals surface area contributed by atoms with Gasteiger partial charge in [0, 0.05) is 41.3 Å². The molecule has 0 fully saturated rings. The van der Waals surface area contributed by atoms with Crippen molar-refractivity contribution in [2.45, 2.75) is 32.6 Å². The highest BCUT2D eigenvalue weighted by atomic mass is 35.5. The summed E-state index contributed by atoms with van der Waals surface area (Å²) in [6.07, 6.45) is -1.94. The van der Waals surface area contributed by atoms with Crippen LogP contribution in [0, 0.1) is 5.82 Å². The Labute approximate surface area is 196 Å². The van der Waals surface area contributed by atoms with Gasteiger partial charge in [0.25, 0.3) is 0 Å².